The second-order valence-corrected chi connectivity index (χ2v) is 11.1. The molecule has 0 saturated carbocycles. The van der Waals surface area contributed by atoms with Gasteiger partial charge >= 0.3 is 0 Å². The molecule has 2 unspecified atom stereocenters. The molecule has 198 valence electrons. The molecule has 0 radical (unpaired) electrons. The number of thiophene rings is 1. The summed E-state index contributed by atoms with van der Waals surface area (Å²) in [7, 11) is 2.17. The van der Waals surface area contributed by atoms with Gasteiger partial charge in [0, 0.05) is 17.5 Å². The third kappa shape index (κ3) is 4.66. The number of unbranched alkanes of at least 4 members (excludes halogenated alkanes) is 1. The van der Waals surface area contributed by atoms with Gasteiger partial charge in [0.2, 0.25) is 5.95 Å². The maximum atomic E-state index is 14.4. The first-order valence-corrected chi connectivity index (χ1v) is 14.3. The van der Waals surface area contributed by atoms with Gasteiger partial charge in [-0.3, -0.25) is 9.69 Å². The normalized spacial score (nSPS) is 17.3. The minimum absolute atomic E-state index is 0.00507. The van der Waals surface area contributed by atoms with Crippen molar-refractivity contribution in [3.05, 3.63) is 123 Å². The largest absolute Gasteiger partial charge is 0.355 e. The van der Waals surface area contributed by atoms with Gasteiger partial charge in [-0.1, -0.05) is 74.0 Å². The molecule has 7 heteroatoms. The molecular weight excluding hydrogens is 507 g/mol. The number of anilines is 1. The van der Waals surface area contributed by atoms with Crippen LogP contribution in [0.2, 0.25) is 0 Å². The van der Waals surface area contributed by atoms with Crippen molar-refractivity contribution in [2.75, 3.05) is 18.9 Å². The molecule has 3 heterocycles. The van der Waals surface area contributed by atoms with Gasteiger partial charge in [-0.05, 0) is 60.8 Å². The fourth-order valence-electron chi connectivity index (χ4n) is 5.62. The van der Waals surface area contributed by atoms with Crippen LogP contribution in [0.3, 0.4) is 0 Å². The topological polar surface area (TPSA) is 50.2 Å². The first kappa shape index (κ1) is 25.5. The molecular formula is C32H31FN4OS. The first-order chi connectivity index (χ1) is 19.1. The highest BCUT2D eigenvalue weighted by Crippen LogP contribution is 2.47. The number of hydrogen-bond donors (Lipinski definition) is 1. The summed E-state index contributed by atoms with van der Waals surface area (Å²) < 4.78 is 15.4. The third-order valence-electron chi connectivity index (χ3n) is 7.60. The molecule has 1 N–H and O–H groups in total. The van der Waals surface area contributed by atoms with E-state index in [0.29, 0.717) is 30.0 Å². The van der Waals surface area contributed by atoms with Crippen molar-refractivity contribution in [1.29, 1.82) is 0 Å². The lowest BCUT2D eigenvalue weighted by Crippen LogP contribution is -2.35. The Morgan fingerprint density at radius 3 is 2.31 bits per heavy atom. The van der Waals surface area contributed by atoms with Crippen LogP contribution in [0.5, 0.6) is 0 Å². The maximum Gasteiger partial charge on any atom is 0.268 e. The number of fused-ring (bicyclic) bond motifs is 3. The summed E-state index contributed by atoms with van der Waals surface area (Å²) in [6.07, 6.45) is 2.69. The zero-order valence-electron chi connectivity index (χ0n) is 22.1. The number of likely N-dealkylation sites (N-methyl/N-ethyl adjacent to an activating group) is 1. The molecule has 2 aromatic heterocycles. The molecule has 5 aromatic rings. The Morgan fingerprint density at radius 2 is 1.64 bits per heavy atom. The van der Waals surface area contributed by atoms with Crippen molar-refractivity contribution in [3.8, 4) is 5.69 Å². The number of nitrogens with one attached hydrogen (secondary N) is 1. The van der Waals surface area contributed by atoms with Crippen LogP contribution in [0.15, 0.2) is 89.7 Å². The van der Waals surface area contributed by atoms with Crippen molar-refractivity contribution >= 4 is 27.5 Å². The maximum absolute atomic E-state index is 14.4. The predicted octanol–water partition coefficient (Wildman–Crippen LogP) is 7.12. The molecule has 5 nitrogen and oxygen atoms in total. The molecule has 0 aliphatic carbocycles. The number of hydrogen-bond acceptors (Lipinski definition) is 5. The average Bonchev–Trinajstić information content (AvgIpc) is 3.32. The van der Waals surface area contributed by atoms with Gasteiger partial charge in [-0.25, -0.2) is 13.9 Å². The second kappa shape index (κ2) is 10.8. The standard InChI is InChI=1S/C32H31FN4OS/c1-3-4-19-34-32-35-30-27(31(38)37(32)24-17-15-23(33)16-18-24)25-20-26(21-11-7-5-8-12-21)36(2)28(29(25)39-30)22-13-9-6-10-14-22/h5-18,26,28H,3-4,19-20H2,1-2H3,(H,34,35). The Labute approximate surface area is 231 Å². The highest BCUT2D eigenvalue weighted by atomic mass is 32.1. The van der Waals surface area contributed by atoms with Crippen molar-refractivity contribution in [3.63, 3.8) is 0 Å². The number of rotatable bonds is 7. The minimum atomic E-state index is -0.339. The monoisotopic (exact) mass is 538 g/mol. The third-order valence-corrected chi connectivity index (χ3v) is 8.78. The molecule has 0 spiro atoms. The van der Waals surface area contributed by atoms with E-state index in [9.17, 15) is 9.18 Å². The van der Waals surface area contributed by atoms with Crippen LogP contribution >= 0.6 is 11.3 Å². The van der Waals surface area contributed by atoms with E-state index in [1.54, 1.807) is 28.0 Å². The second-order valence-electron chi connectivity index (χ2n) is 10.1. The van der Waals surface area contributed by atoms with E-state index in [4.69, 9.17) is 4.98 Å². The van der Waals surface area contributed by atoms with Crippen LogP contribution in [-0.2, 0) is 6.42 Å². The van der Waals surface area contributed by atoms with Crippen LogP contribution in [0.4, 0.5) is 10.3 Å². The van der Waals surface area contributed by atoms with Crippen LogP contribution < -0.4 is 10.9 Å². The van der Waals surface area contributed by atoms with Crippen molar-refractivity contribution in [2.24, 2.45) is 0 Å². The van der Waals surface area contributed by atoms with Crippen LogP contribution in [0.1, 0.15) is 53.4 Å². The number of halogens is 1. The highest BCUT2D eigenvalue weighted by molar-refractivity contribution is 7.19. The average molecular weight is 539 g/mol. The van der Waals surface area contributed by atoms with Crippen molar-refractivity contribution in [2.45, 2.75) is 38.3 Å². The van der Waals surface area contributed by atoms with Crippen LogP contribution in [0.25, 0.3) is 15.9 Å². The molecule has 6 rings (SSSR count). The summed E-state index contributed by atoms with van der Waals surface area (Å²) >= 11 is 1.61. The molecule has 0 saturated heterocycles. The van der Waals surface area contributed by atoms with E-state index in [1.165, 1.54) is 23.3 Å². The van der Waals surface area contributed by atoms with E-state index in [1.807, 2.05) is 12.1 Å². The molecule has 1 aliphatic rings. The Balaban J connectivity index is 1.59. The van der Waals surface area contributed by atoms with E-state index in [2.05, 4.69) is 72.7 Å². The summed E-state index contributed by atoms with van der Waals surface area (Å²) in [6.45, 7) is 2.83. The lowest BCUT2D eigenvalue weighted by atomic mass is 9.87. The lowest BCUT2D eigenvalue weighted by Gasteiger charge is -2.40. The number of benzene rings is 3. The predicted molar refractivity (Wildman–Crippen MR) is 158 cm³/mol. The Bertz CT molecular complexity index is 1650. The SMILES string of the molecule is CCCCNc1nc2sc3c(c2c(=O)n1-c1ccc(F)cc1)CC(c1ccccc1)N(C)C3c1ccccc1. The molecule has 3 aromatic carbocycles. The van der Waals surface area contributed by atoms with Crippen molar-refractivity contribution in [1.82, 2.24) is 14.5 Å². The highest BCUT2D eigenvalue weighted by Gasteiger charge is 2.37. The zero-order valence-corrected chi connectivity index (χ0v) is 22.9. The molecule has 0 amide bonds. The van der Waals surface area contributed by atoms with Crippen molar-refractivity contribution < 1.29 is 4.39 Å². The Morgan fingerprint density at radius 1 is 0.974 bits per heavy atom. The summed E-state index contributed by atoms with van der Waals surface area (Å²) in [6, 6.07) is 27.1. The van der Waals surface area contributed by atoms with Crippen LogP contribution in [0, 0.1) is 5.82 Å². The fraction of sp³-hybridized carbons (Fsp3) is 0.250. The Hall–Kier alpha value is -3.81. The number of nitrogens with zero attached hydrogens (tertiary/aromatic N) is 3. The first-order valence-electron chi connectivity index (χ1n) is 13.5. The van der Waals surface area contributed by atoms with Gasteiger partial charge in [-0.2, -0.15) is 0 Å². The lowest BCUT2D eigenvalue weighted by molar-refractivity contribution is 0.185. The van der Waals surface area contributed by atoms with E-state index in [-0.39, 0.29) is 23.5 Å². The Kier molecular flexibility index (Phi) is 7.02. The fourth-order valence-corrected chi connectivity index (χ4v) is 7.00. The van der Waals surface area contributed by atoms with Crippen LogP contribution in [-0.4, -0.2) is 28.0 Å². The van der Waals surface area contributed by atoms with Gasteiger partial charge in [0.1, 0.15) is 10.6 Å². The molecule has 0 fully saturated rings. The van der Waals surface area contributed by atoms with Gasteiger partial charge in [0.25, 0.3) is 5.56 Å². The number of aromatic nitrogens is 2. The van der Waals surface area contributed by atoms with Gasteiger partial charge < -0.3 is 5.32 Å². The summed E-state index contributed by atoms with van der Waals surface area (Å²) in [4.78, 5) is 23.7. The molecule has 0 bridgehead atoms. The molecule has 1 aliphatic heterocycles. The minimum Gasteiger partial charge on any atom is -0.355 e. The summed E-state index contributed by atoms with van der Waals surface area (Å²) in [5.41, 5.74) is 3.95. The van der Waals surface area contributed by atoms with Gasteiger partial charge in [0.15, 0.2) is 0 Å². The summed E-state index contributed by atoms with van der Waals surface area (Å²) in [5.74, 6) is 0.157. The zero-order chi connectivity index (χ0) is 26.9. The van der Waals surface area contributed by atoms with E-state index in [0.717, 1.165) is 28.1 Å². The molecule has 2 atom stereocenters. The smallest absolute Gasteiger partial charge is 0.268 e. The molecule has 39 heavy (non-hydrogen) atoms. The van der Waals surface area contributed by atoms with E-state index < -0.39 is 0 Å². The van der Waals surface area contributed by atoms with Gasteiger partial charge in [-0.15, -0.1) is 11.3 Å². The quantitative estimate of drug-likeness (QED) is 0.224. The van der Waals surface area contributed by atoms with E-state index >= 15 is 0 Å². The van der Waals surface area contributed by atoms with Gasteiger partial charge in [0.05, 0.1) is 17.1 Å². The summed E-state index contributed by atoms with van der Waals surface area (Å²) in [5, 5.41) is 4.04.